The summed E-state index contributed by atoms with van der Waals surface area (Å²) in [6, 6.07) is 16.2. The van der Waals surface area contributed by atoms with Gasteiger partial charge in [0.25, 0.3) is 5.56 Å². The number of fused-ring (bicyclic) bond motifs is 2. The van der Waals surface area contributed by atoms with E-state index in [0.717, 1.165) is 5.39 Å². The van der Waals surface area contributed by atoms with Crippen LogP contribution in [-0.4, -0.2) is 36.2 Å². The van der Waals surface area contributed by atoms with E-state index in [9.17, 15) is 4.79 Å². The van der Waals surface area contributed by atoms with Gasteiger partial charge in [-0.05, 0) is 64.7 Å². The summed E-state index contributed by atoms with van der Waals surface area (Å²) >= 11 is 10.3. The summed E-state index contributed by atoms with van der Waals surface area (Å²) in [7, 11) is 1.59. The zero-order valence-electron chi connectivity index (χ0n) is 23.3. The second-order valence-corrected chi connectivity index (χ2v) is 11.7. The fourth-order valence-electron chi connectivity index (χ4n) is 4.22. The smallest absolute Gasteiger partial charge is 0.282 e. The quantitative estimate of drug-likeness (QED) is 0.160. The van der Waals surface area contributed by atoms with E-state index in [2.05, 4.69) is 41.8 Å². The van der Waals surface area contributed by atoms with Crippen molar-refractivity contribution < 1.29 is 18.6 Å². The molecule has 5 aromatic rings. The van der Waals surface area contributed by atoms with E-state index in [-0.39, 0.29) is 16.8 Å². The lowest BCUT2D eigenvalue weighted by Gasteiger charge is -2.22. The molecule has 0 aliphatic rings. The number of benzene rings is 3. The first kappa shape index (κ1) is 28.7. The van der Waals surface area contributed by atoms with Gasteiger partial charge in [0, 0.05) is 10.0 Å². The van der Waals surface area contributed by atoms with Crippen molar-refractivity contribution >= 4 is 55.6 Å². The van der Waals surface area contributed by atoms with Crippen LogP contribution in [0, 0.1) is 5.41 Å². The average molecular weight is 639 g/mol. The van der Waals surface area contributed by atoms with E-state index < -0.39 is 0 Å². The maximum atomic E-state index is 13.7. The molecule has 0 atom stereocenters. The molecule has 41 heavy (non-hydrogen) atoms. The standard InChI is InChI=1S/C31H29BrClN3O5/c1-6-39-24-14-18(26(32)27(33)28(24)40-17-31(2,3)4)16-34-36-29(35-21-11-8-7-10-19(21)30(36)37)25-15-20-22(38-5)12-9-13-23(20)41-25/h7-16H,6,17H2,1-5H3. The van der Waals surface area contributed by atoms with Gasteiger partial charge in [0.15, 0.2) is 17.3 Å². The van der Waals surface area contributed by atoms with Crippen molar-refractivity contribution in [3.63, 3.8) is 0 Å². The maximum Gasteiger partial charge on any atom is 0.282 e. The van der Waals surface area contributed by atoms with Gasteiger partial charge < -0.3 is 18.6 Å². The molecule has 2 aromatic heterocycles. The monoisotopic (exact) mass is 637 g/mol. The highest BCUT2D eigenvalue weighted by Gasteiger charge is 2.21. The Bertz CT molecular complexity index is 1840. The third-order valence-corrected chi connectivity index (χ3v) is 7.58. The molecule has 0 radical (unpaired) electrons. The summed E-state index contributed by atoms with van der Waals surface area (Å²) in [5.41, 5.74) is 1.26. The zero-order chi connectivity index (χ0) is 29.3. The van der Waals surface area contributed by atoms with Crippen LogP contribution in [0.2, 0.25) is 5.02 Å². The van der Waals surface area contributed by atoms with Crippen LogP contribution in [0.3, 0.4) is 0 Å². The van der Waals surface area contributed by atoms with Gasteiger partial charge in [0.05, 0.1) is 42.8 Å². The molecule has 0 saturated heterocycles. The third-order valence-electron chi connectivity index (χ3n) is 6.13. The number of methoxy groups -OCH3 is 1. The summed E-state index contributed by atoms with van der Waals surface area (Å²) in [6.45, 7) is 8.95. The molecule has 0 aliphatic heterocycles. The van der Waals surface area contributed by atoms with Crippen molar-refractivity contribution in [1.29, 1.82) is 0 Å². The number of halogens is 2. The number of hydrogen-bond acceptors (Lipinski definition) is 7. The highest BCUT2D eigenvalue weighted by molar-refractivity contribution is 9.10. The van der Waals surface area contributed by atoms with Crippen LogP contribution in [0.1, 0.15) is 33.3 Å². The van der Waals surface area contributed by atoms with Gasteiger partial charge >= 0.3 is 0 Å². The molecule has 0 fully saturated rings. The van der Waals surface area contributed by atoms with Gasteiger partial charge in [-0.2, -0.15) is 9.78 Å². The molecule has 0 saturated carbocycles. The molecule has 2 heterocycles. The van der Waals surface area contributed by atoms with Gasteiger partial charge in [0.1, 0.15) is 16.4 Å². The Hall–Kier alpha value is -3.82. The van der Waals surface area contributed by atoms with E-state index in [0.29, 0.717) is 67.8 Å². The normalized spacial score (nSPS) is 12.0. The highest BCUT2D eigenvalue weighted by Crippen LogP contribution is 2.43. The Morgan fingerprint density at radius 3 is 2.59 bits per heavy atom. The van der Waals surface area contributed by atoms with Crippen LogP contribution >= 0.6 is 27.5 Å². The topological polar surface area (TPSA) is 88.1 Å². The number of rotatable bonds is 8. The van der Waals surface area contributed by atoms with Gasteiger partial charge in [-0.25, -0.2) is 4.98 Å². The van der Waals surface area contributed by atoms with E-state index in [4.69, 9.17) is 35.2 Å². The maximum absolute atomic E-state index is 13.7. The summed E-state index contributed by atoms with van der Waals surface area (Å²) < 4.78 is 25.3. The predicted octanol–water partition coefficient (Wildman–Crippen LogP) is 7.94. The summed E-state index contributed by atoms with van der Waals surface area (Å²) in [6.07, 6.45) is 1.52. The molecule has 0 aliphatic carbocycles. The van der Waals surface area contributed by atoms with Crippen LogP contribution in [0.4, 0.5) is 0 Å². The largest absolute Gasteiger partial charge is 0.496 e. The first-order chi connectivity index (χ1) is 19.6. The van der Waals surface area contributed by atoms with Crippen molar-refractivity contribution in [3.05, 3.63) is 80.0 Å². The lowest BCUT2D eigenvalue weighted by atomic mass is 9.99. The number of aromatic nitrogens is 2. The van der Waals surface area contributed by atoms with Crippen LogP contribution in [-0.2, 0) is 0 Å². The Morgan fingerprint density at radius 1 is 1.07 bits per heavy atom. The second-order valence-electron chi connectivity index (χ2n) is 10.5. The molecular weight excluding hydrogens is 610 g/mol. The molecule has 3 aromatic carbocycles. The predicted molar refractivity (Wildman–Crippen MR) is 166 cm³/mol. The lowest BCUT2D eigenvalue weighted by molar-refractivity contribution is 0.188. The van der Waals surface area contributed by atoms with Gasteiger partial charge in [-0.1, -0.05) is 50.6 Å². The van der Waals surface area contributed by atoms with E-state index in [1.807, 2.05) is 31.2 Å². The molecule has 10 heteroatoms. The van der Waals surface area contributed by atoms with E-state index in [1.165, 1.54) is 10.9 Å². The summed E-state index contributed by atoms with van der Waals surface area (Å²) in [5.74, 6) is 2.16. The van der Waals surface area contributed by atoms with Crippen molar-refractivity contribution in [2.75, 3.05) is 20.3 Å². The number of hydrogen-bond donors (Lipinski definition) is 0. The van der Waals surface area contributed by atoms with E-state index in [1.54, 1.807) is 37.4 Å². The van der Waals surface area contributed by atoms with Gasteiger partial charge in [-0.3, -0.25) is 4.79 Å². The molecule has 0 spiro atoms. The number of ether oxygens (including phenoxy) is 3. The second kappa shape index (κ2) is 11.6. The number of furan rings is 1. The minimum absolute atomic E-state index is 0.0826. The van der Waals surface area contributed by atoms with Gasteiger partial charge in [-0.15, -0.1) is 0 Å². The molecule has 0 amide bonds. The fourth-order valence-corrected chi connectivity index (χ4v) is 4.87. The molecular formula is C31H29BrClN3O5. The number of nitrogens with zero attached hydrogens (tertiary/aromatic N) is 3. The number of para-hydroxylation sites is 1. The minimum atomic E-state index is -0.355. The van der Waals surface area contributed by atoms with Crippen molar-refractivity contribution in [2.45, 2.75) is 27.7 Å². The minimum Gasteiger partial charge on any atom is -0.496 e. The van der Waals surface area contributed by atoms with E-state index >= 15 is 0 Å². The van der Waals surface area contributed by atoms with Gasteiger partial charge in [0.2, 0.25) is 5.82 Å². The highest BCUT2D eigenvalue weighted by atomic mass is 79.9. The Morgan fingerprint density at radius 2 is 1.85 bits per heavy atom. The van der Waals surface area contributed by atoms with Crippen LogP contribution in [0.15, 0.2) is 73.4 Å². The molecule has 0 N–H and O–H groups in total. The third kappa shape index (κ3) is 5.83. The zero-order valence-corrected chi connectivity index (χ0v) is 25.7. The Balaban J connectivity index is 1.66. The Kier molecular flexibility index (Phi) is 8.11. The van der Waals surface area contributed by atoms with Crippen molar-refractivity contribution in [1.82, 2.24) is 9.66 Å². The summed E-state index contributed by atoms with van der Waals surface area (Å²) in [5, 5.41) is 6.09. The first-order valence-electron chi connectivity index (χ1n) is 13.0. The molecule has 5 rings (SSSR count). The van der Waals surface area contributed by atoms with Crippen LogP contribution in [0.25, 0.3) is 33.5 Å². The molecule has 0 unspecified atom stereocenters. The van der Waals surface area contributed by atoms with Crippen LogP contribution < -0.4 is 19.8 Å². The molecule has 0 bridgehead atoms. The lowest BCUT2D eigenvalue weighted by Crippen LogP contribution is -2.20. The summed E-state index contributed by atoms with van der Waals surface area (Å²) in [4.78, 5) is 18.4. The first-order valence-corrected chi connectivity index (χ1v) is 14.2. The average Bonchev–Trinajstić information content (AvgIpc) is 3.38. The molecule has 212 valence electrons. The van der Waals surface area contributed by atoms with Crippen molar-refractivity contribution in [3.8, 4) is 28.8 Å². The SMILES string of the molecule is CCOc1cc(C=Nn2c(-c3cc4c(OC)cccc4o3)nc3ccccc3c2=O)c(Br)c(Cl)c1OCC(C)(C)C. The Labute approximate surface area is 250 Å². The molecule has 8 nitrogen and oxygen atoms in total. The fraction of sp³-hybridized carbons (Fsp3) is 0.258. The van der Waals surface area contributed by atoms with Crippen LogP contribution in [0.5, 0.6) is 17.2 Å². The van der Waals surface area contributed by atoms with Crippen molar-refractivity contribution in [2.24, 2.45) is 10.5 Å².